The van der Waals surface area contributed by atoms with Crippen LogP contribution in [0.1, 0.15) is 31.9 Å². The zero-order chi connectivity index (χ0) is 14.5. The number of hydrogen-bond donors (Lipinski definition) is 1. The molecule has 1 aromatic carbocycles. The first-order valence-electron chi connectivity index (χ1n) is 7.30. The van der Waals surface area contributed by atoms with Gasteiger partial charge in [-0.15, -0.1) is 0 Å². The molecule has 4 nitrogen and oxygen atoms in total. The van der Waals surface area contributed by atoms with Crippen molar-refractivity contribution in [2.45, 2.75) is 32.5 Å². The van der Waals surface area contributed by atoms with Gasteiger partial charge in [-0.05, 0) is 11.5 Å². The number of ether oxygens (including phenoxy) is 1. The highest BCUT2D eigenvalue weighted by molar-refractivity contribution is 5.76. The van der Waals surface area contributed by atoms with E-state index in [0.717, 1.165) is 5.56 Å². The van der Waals surface area contributed by atoms with Gasteiger partial charge in [-0.25, -0.2) is 0 Å². The molecule has 0 aromatic heterocycles. The maximum atomic E-state index is 12.1. The molecule has 0 unspecified atom stereocenters. The van der Waals surface area contributed by atoms with Gasteiger partial charge in [-0.3, -0.25) is 4.79 Å². The lowest BCUT2D eigenvalue weighted by Gasteiger charge is -2.40. The van der Waals surface area contributed by atoms with Crippen molar-refractivity contribution in [3.05, 3.63) is 35.9 Å². The molecule has 4 heteroatoms. The average molecular weight is 276 g/mol. The molecule has 110 valence electrons. The van der Waals surface area contributed by atoms with Gasteiger partial charge >= 0.3 is 0 Å². The summed E-state index contributed by atoms with van der Waals surface area (Å²) in [5.74, 6) is 0.511. The Kier molecular flexibility index (Phi) is 5.15. The Balaban J connectivity index is 2.14. The summed E-state index contributed by atoms with van der Waals surface area (Å²) in [6.45, 7) is 5.94. The lowest BCUT2D eigenvalue weighted by Crippen LogP contribution is -2.49. The average Bonchev–Trinajstić information content (AvgIpc) is 2.48. The molecule has 1 aliphatic rings. The molecule has 0 saturated carbocycles. The highest BCUT2D eigenvalue weighted by Gasteiger charge is 2.32. The van der Waals surface area contributed by atoms with Crippen LogP contribution < -0.4 is 5.73 Å². The van der Waals surface area contributed by atoms with Crippen molar-refractivity contribution in [3.8, 4) is 0 Å². The van der Waals surface area contributed by atoms with E-state index in [2.05, 4.69) is 26.0 Å². The van der Waals surface area contributed by atoms with Crippen LogP contribution in [-0.4, -0.2) is 36.5 Å². The number of nitrogens with zero attached hydrogens (tertiary/aromatic N) is 1. The van der Waals surface area contributed by atoms with Crippen LogP contribution in [0.15, 0.2) is 30.3 Å². The Morgan fingerprint density at radius 2 is 2.05 bits per heavy atom. The predicted molar refractivity (Wildman–Crippen MR) is 79.1 cm³/mol. The van der Waals surface area contributed by atoms with Crippen LogP contribution in [0.3, 0.4) is 0 Å². The topological polar surface area (TPSA) is 55.6 Å². The second-order valence-electron chi connectivity index (χ2n) is 5.66. The Morgan fingerprint density at radius 3 is 2.65 bits per heavy atom. The zero-order valence-corrected chi connectivity index (χ0v) is 12.3. The number of amides is 1. The van der Waals surface area contributed by atoms with Crippen LogP contribution in [0.5, 0.6) is 0 Å². The second-order valence-corrected chi connectivity index (χ2v) is 5.66. The minimum atomic E-state index is -0.0425. The standard InChI is InChI=1S/C16H24N2O2/c1-12(2)14-10-18(16(19)8-9-17)11-15(20-14)13-6-4-3-5-7-13/h3-7,12,14-15H,8-11,17H2,1-2H3/t14-,15+/m1/s1. The summed E-state index contributed by atoms with van der Waals surface area (Å²) in [5, 5.41) is 0. The van der Waals surface area contributed by atoms with Gasteiger partial charge in [0.05, 0.1) is 12.6 Å². The third-order valence-corrected chi connectivity index (χ3v) is 3.75. The predicted octanol–water partition coefficient (Wildman–Crippen LogP) is 1.96. The summed E-state index contributed by atoms with van der Waals surface area (Å²) in [6.07, 6.45) is 0.446. The largest absolute Gasteiger partial charge is 0.366 e. The van der Waals surface area contributed by atoms with Gasteiger partial charge in [0.2, 0.25) is 5.91 Å². The van der Waals surface area contributed by atoms with E-state index in [1.54, 1.807) is 0 Å². The molecule has 2 N–H and O–H groups in total. The number of carbonyl (C=O) groups excluding carboxylic acids is 1. The summed E-state index contributed by atoms with van der Waals surface area (Å²) in [5.41, 5.74) is 6.63. The van der Waals surface area contributed by atoms with Crippen LogP contribution in [-0.2, 0) is 9.53 Å². The third-order valence-electron chi connectivity index (χ3n) is 3.75. The molecule has 2 atom stereocenters. The van der Waals surface area contributed by atoms with E-state index in [4.69, 9.17) is 10.5 Å². The van der Waals surface area contributed by atoms with E-state index in [1.165, 1.54) is 0 Å². The summed E-state index contributed by atoms with van der Waals surface area (Å²) in [7, 11) is 0. The fraction of sp³-hybridized carbons (Fsp3) is 0.562. The van der Waals surface area contributed by atoms with Crippen molar-refractivity contribution >= 4 is 5.91 Å². The number of benzene rings is 1. The molecule has 0 bridgehead atoms. The monoisotopic (exact) mass is 276 g/mol. The molecule has 1 amide bonds. The van der Waals surface area contributed by atoms with Gasteiger partial charge in [0.1, 0.15) is 6.10 Å². The van der Waals surface area contributed by atoms with Gasteiger partial charge in [0.15, 0.2) is 0 Å². The van der Waals surface area contributed by atoms with Crippen LogP contribution in [0.2, 0.25) is 0 Å². The zero-order valence-electron chi connectivity index (χ0n) is 12.3. The molecule has 0 aliphatic carbocycles. The Morgan fingerprint density at radius 1 is 1.35 bits per heavy atom. The SMILES string of the molecule is CC(C)[C@H]1CN(C(=O)CCN)C[C@@H](c2ccccc2)O1. The summed E-state index contributed by atoms with van der Waals surface area (Å²) in [6, 6.07) is 10.1. The van der Waals surface area contributed by atoms with Crippen LogP contribution in [0.4, 0.5) is 0 Å². The molecule has 0 radical (unpaired) electrons. The molecule has 1 aliphatic heterocycles. The molecule has 20 heavy (non-hydrogen) atoms. The normalized spacial score (nSPS) is 23.1. The first-order chi connectivity index (χ1) is 9.61. The molecule has 2 rings (SSSR count). The number of carbonyl (C=O) groups is 1. The Bertz CT molecular complexity index is 433. The fourth-order valence-corrected chi connectivity index (χ4v) is 2.49. The smallest absolute Gasteiger partial charge is 0.224 e. The van der Waals surface area contributed by atoms with E-state index < -0.39 is 0 Å². The highest BCUT2D eigenvalue weighted by atomic mass is 16.5. The molecular formula is C16H24N2O2. The van der Waals surface area contributed by atoms with Crippen LogP contribution in [0, 0.1) is 5.92 Å². The molecule has 1 heterocycles. The van der Waals surface area contributed by atoms with Gasteiger partial charge in [0, 0.05) is 19.5 Å². The first-order valence-corrected chi connectivity index (χ1v) is 7.30. The van der Waals surface area contributed by atoms with Crippen molar-refractivity contribution in [2.24, 2.45) is 11.7 Å². The van der Waals surface area contributed by atoms with Gasteiger partial charge in [0.25, 0.3) is 0 Å². The number of morpholine rings is 1. The Labute approximate surface area is 120 Å². The van der Waals surface area contributed by atoms with Gasteiger partial charge in [-0.1, -0.05) is 44.2 Å². The number of hydrogen-bond acceptors (Lipinski definition) is 3. The van der Waals surface area contributed by atoms with E-state index >= 15 is 0 Å². The van der Waals surface area contributed by atoms with Crippen molar-refractivity contribution in [1.82, 2.24) is 4.90 Å². The van der Waals surface area contributed by atoms with Crippen LogP contribution >= 0.6 is 0 Å². The van der Waals surface area contributed by atoms with E-state index in [9.17, 15) is 4.79 Å². The number of rotatable bonds is 4. The minimum absolute atomic E-state index is 0.0425. The maximum Gasteiger partial charge on any atom is 0.224 e. The van der Waals surface area contributed by atoms with Gasteiger partial charge in [-0.2, -0.15) is 0 Å². The van der Waals surface area contributed by atoms with Crippen molar-refractivity contribution in [3.63, 3.8) is 0 Å². The van der Waals surface area contributed by atoms with E-state index in [-0.39, 0.29) is 18.1 Å². The van der Waals surface area contributed by atoms with Gasteiger partial charge < -0.3 is 15.4 Å². The summed E-state index contributed by atoms with van der Waals surface area (Å²) >= 11 is 0. The van der Waals surface area contributed by atoms with E-state index in [0.29, 0.717) is 32.0 Å². The van der Waals surface area contributed by atoms with Crippen LogP contribution in [0.25, 0.3) is 0 Å². The minimum Gasteiger partial charge on any atom is -0.366 e. The quantitative estimate of drug-likeness (QED) is 0.914. The molecule has 1 fully saturated rings. The summed E-state index contributed by atoms with van der Waals surface area (Å²) in [4.78, 5) is 14.0. The Hall–Kier alpha value is -1.39. The number of nitrogens with two attached hydrogens (primary N) is 1. The molecule has 0 spiro atoms. The van der Waals surface area contributed by atoms with Crippen molar-refractivity contribution in [2.75, 3.05) is 19.6 Å². The van der Waals surface area contributed by atoms with Crippen molar-refractivity contribution < 1.29 is 9.53 Å². The molecule has 1 aromatic rings. The molecular weight excluding hydrogens is 252 g/mol. The first kappa shape index (κ1) is 15.0. The third kappa shape index (κ3) is 3.58. The second kappa shape index (κ2) is 6.86. The lowest BCUT2D eigenvalue weighted by molar-refractivity contribution is -0.149. The van der Waals surface area contributed by atoms with Crippen molar-refractivity contribution in [1.29, 1.82) is 0 Å². The summed E-state index contributed by atoms with van der Waals surface area (Å²) < 4.78 is 6.17. The highest BCUT2D eigenvalue weighted by Crippen LogP contribution is 2.28. The fourth-order valence-electron chi connectivity index (χ4n) is 2.49. The maximum absolute atomic E-state index is 12.1. The molecule has 1 saturated heterocycles. The lowest BCUT2D eigenvalue weighted by atomic mass is 10.0. The van der Waals surface area contributed by atoms with E-state index in [1.807, 2.05) is 23.1 Å².